The lowest BCUT2D eigenvalue weighted by Gasteiger charge is -1.95. The van der Waals surface area contributed by atoms with Crippen LogP contribution in [-0.4, -0.2) is 17.5 Å². The Morgan fingerprint density at radius 2 is 2.36 bits per heavy atom. The normalized spacial score (nSPS) is 10.4. The van der Waals surface area contributed by atoms with Gasteiger partial charge in [-0.05, 0) is 29.7 Å². The fourth-order valence-electron chi connectivity index (χ4n) is 1.15. The Morgan fingerprint density at radius 1 is 1.57 bits per heavy atom. The summed E-state index contributed by atoms with van der Waals surface area (Å²) in [7, 11) is 1.35. The molecule has 0 aliphatic heterocycles. The van der Waals surface area contributed by atoms with E-state index >= 15 is 0 Å². The predicted octanol–water partition coefficient (Wildman–Crippen LogP) is 2.85. The summed E-state index contributed by atoms with van der Waals surface area (Å²) in [5.74, 6) is -0.394. The molecule has 0 saturated carbocycles. The van der Waals surface area contributed by atoms with Crippen molar-refractivity contribution in [3.05, 3.63) is 28.4 Å². The highest BCUT2D eigenvalue weighted by molar-refractivity contribution is 9.10. The van der Waals surface area contributed by atoms with E-state index in [9.17, 15) is 4.79 Å². The van der Waals surface area contributed by atoms with Crippen LogP contribution in [0.15, 0.2) is 22.7 Å². The number of benzene rings is 1. The summed E-state index contributed by atoms with van der Waals surface area (Å²) in [6.07, 6.45) is 0. The van der Waals surface area contributed by atoms with Crippen LogP contribution in [0.1, 0.15) is 10.5 Å². The molecule has 5 heteroatoms. The first-order valence-electron chi connectivity index (χ1n) is 3.85. The lowest BCUT2D eigenvalue weighted by atomic mass is 10.2. The molecular weight excluding hydrogens is 266 g/mol. The Morgan fingerprint density at radius 3 is 3.07 bits per heavy atom. The Kier molecular flexibility index (Phi) is 2.52. The van der Waals surface area contributed by atoms with Crippen LogP contribution < -0.4 is 0 Å². The SMILES string of the molecule is COC(=O)c1nsc2ccc(Br)cc12. The third-order valence-corrected chi connectivity index (χ3v) is 3.13. The highest BCUT2D eigenvalue weighted by atomic mass is 79.9. The van der Waals surface area contributed by atoms with Gasteiger partial charge in [0.15, 0.2) is 5.69 Å². The average molecular weight is 272 g/mol. The van der Waals surface area contributed by atoms with Gasteiger partial charge in [0.2, 0.25) is 0 Å². The molecule has 1 heterocycles. The second kappa shape index (κ2) is 3.67. The molecule has 0 radical (unpaired) electrons. The predicted molar refractivity (Wildman–Crippen MR) is 58.7 cm³/mol. The van der Waals surface area contributed by atoms with Crippen molar-refractivity contribution in [3.8, 4) is 0 Å². The first-order valence-corrected chi connectivity index (χ1v) is 5.42. The van der Waals surface area contributed by atoms with E-state index in [1.165, 1.54) is 18.6 Å². The molecular formula is C9H6BrNO2S. The molecule has 1 aromatic heterocycles. The number of hydrogen-bond acceptors (Lipinski definition) is 4. The first kappa shape index (κ1) is 9.61. The molecule has 0 N–H and O–H groups in total. The quantitative estimate of drug-likeness (QED) is 0.749. The minimum atomic E-state index is -0.394. The topological polar surface area (TPSA) is 39.2 Å². The maximum absolute atomic E-state index is 11.3. The number of methoxy groups -OCH3 is 1. The van der Waals surface area contributed by atoms with Gasteiger partial charge in [0.25, 0.3) is 0 Å². The molecule has 1 aromatic carbocycles. The van der Waals surface area contributed by atoms with Gasteiger partial charge in [-0.25, -0.2) is 4.79 Å². The number of rotatable bonds is 1. The molecule has 0 aliphatic rings. The van der Waals surface area contributed by atoms with Crippen LogP contribution >= 0.6 is 27.5 Å². The minimum absolute atomic E-state index is 0.383. The van der Waals surface area contributed by atoms with Gasteiger partial charge in [-0.1, -0.05) is 15.9 Å². The standard InChI is InChI=1S/C9H6BrNO2S/c1-13-9(12)8-6-4-5(10)2-3-7(6)14-11-8/h2-4H,1H3. The molecule has 0 atom stereocenters. The van der Waals surface area contributed by atoms with E-state index < -0.39 is 5.97 Å². The van der Waals surface area contributed by atoms with Gasteiger partial charge >= 0.3 is 5.97 Å². The Hall–Kier alpha value is -0.940. The highest BCUT2D eigenvalue weighted by Crippen LogP contribution is 2.26. The van der Waals surface area contributed by atoms with E-state index in [2.05, 4.69) is 25.0 Å². The Labute approximate surface area is 93.0 Å². The molecule has 3 nitrogen and oxygen atoms in total. The van der Waals surface area contributed by atoms with Crippen LogP contribution in [0.25, 0.3) is 10.1 Å². The van der Waals surface area contributed by atoms with E-state index in [1.54, 1.807) is 0 Å². The van der Waals surface area contributed by atoms with Gasteiger partial charge in [0.05, 0.1) is 11.8 Å². The number of carbonyl (C=O) groups is 1. The summed E-state index contributed by atoms with van der Waals surface area (Å²) < 4.78 is 10.6. The Balaban J connectivity index is 2.67. The van der Waals surface area contributed by atoms with Gasteiger partial charge in [-0.15, -0.1) is 0 Å². The van der Waals surface area contributed by atoms with E-state index in [-0.39, 0.29) is 0 Å². The number of aromatic nitrogens is 1. The monoisotopic (exact) mass is 271 g/mol. The largest absolute Gasteiger partial charge is 0.464 e. The van der Waals surface area contributed by atoms with Gasteiger partial charge in [0, 0.05) is 9.86 Å². The van der Waals surface area contributed by atoms with Crippen LogP contribution in [0.4, 0.5) is 0 Å². The van der Waals surface area contributed by atoms with Crippen molar-refractivity contribution in [1.29, 1.82) is 0 Å². The van der Waals surface area contributed by atoms with E-state index in [0.717, 1.165) is 14.6 Å². The van der Waals surface area contributed by atoms with Crippen LogP contribution in [0.2, 0.25) is 0 Å². The number of carbonyl (C=O) groups excluding carboxylic acids is 1. The number of esters is 1. The number of ether oxygens (including phenoxy) is 1. The van der Waals surface area contributed by atoms with Crippen LogP contribution in [0, 0.1) is 0 Å². The van der Waals surface area contributed by atoms with Crippen molar-refractivity contribution in [1.82, 2.24) is 4.37 Å². The second-order valence-corrected chi connectivity index (χ2v) is 4.38. The molecule has 2 rings (SSSR count). The molecule has 0 bridgehead atoms. The molecule has 72 valence electrons. The molecule has 14 heavy (non-hydrogen) atoms. The fourth-order valence-corrected chi connectivity index (χ4v) is 2.26. The van der Waals surface area contributed by atoms with Crippen molar-refractivity contribution in [2.45, 2.75) is 0 Å². The van der Waals surface area contributed by atoms with Crippen LogP contribution in [-0.2, 0) is 4.74 Å². The van der Waals surface area contributed by atoms with Crippen molar-refractivity contribution in [2.75, 3.05) is 7.11 Å². The summed E-state index contributed by atoms with van der Waals surface area (Å²) in [6.45, 7) is 0. The summed E-state index contributed by atoms with van der Waals surface area (Å²) in [5.41, 5.74) is 0.383. The summed E-state index contributed by atoms with van der Waals surface area (Å²) >= 11 is 4.64. The van der Waals surface area contributed by atoms with Gasteiger partial charge in [0.1, 0.15) is 0 Å². The van der Waals surface area contributed by atoms with Crippen molar-refractivity contribution < 1.29 is 9.53 Å². The minimum Gasteiger partial charge on any atom is -0.464 e. The van der Waals surface area contributed by atoms with Crippen molar-refractivity contribution in [2.24, 2.45) is 0 Å². The molecule has 0 spiro atoms. The second-order valence-electron chi connectivity index (χ2n) is 2.66. The van der Waals surface area contributed by atoms with Gasteiger partial charge < -0.3 is 4.74 Å². The van der Waals surface area contributed by atoms with E-state index in [0.29, 0.717) is 5.69 Å². The molecule has 0 amide bonds. The molecule has 0 saturated heterocycles. The number of hydrogen-bond donors (Lipinski definition) is 0. The number of halogens is 1. The summed E-state index contributed by atoms with van der Waals surface area (Å²) in [4.78, 5) is 11.3. The van der Waals surface area contributed by atoms with Crippen LogP contribution in [0.5, 0.6) is 0 Å². The molecule has 2 aromatic rings. The first-order chi connectivity index (χ1) is 6.72. The fraction of sp³-hybridized carbons (Fsp3) is 0.111. The molecule has 0 aliphatic carbocycles. The number of fused-ring (bicyclic) bond motifs is 1. The zero-order valence-corrected chi connectivity index (χ0v) is 9.68. The molecule has 0 unspecified atom stereocenters. The highest BCUT2D eigenvalue weighted by Gasteiger charge is 2.14. The van der Waals surface area contributed by atoms with E-state index in [1.807, 2.05) is 18.2 Å². The molecule has 0 fully saturated rings. The van der Waals surface area contributed by atoms with Gasteiger partial charge in [-0.2, -0.15) is 4.37 Å². The summed E-state index contributed by atoms with van der Waals surface area (Å²) in [6, 6.07) is 5.70. The lowest BCUT2D eigenvalue weighted by molar-refractivity contribution is 0.0598. The zero-order valence-electron chi connectivity index (χ0n) is 7.28. The third-order valence-electron chi connectivity index (χ3n) is 1.81. The van der Waals surface area contributed by atoms with E-state index in [4.69, 9.17) is 0 Å². The average Bonchev–Trinajstić information content (AvgIpc) is 2.59. The third kappa shape index (κ3) is 1.53. The van der Waals surface area contributed by atoms with Crippen LogP contribution in [0.3, 0.4) is 0 Å². The smallest absolute Gasteiger partial charge is 0.358 e. The van der Waals surface area contributed by atoms with Gasteiger partial charge in [-0.3, -0.25) is 0 Å². The lowest BCUT2D eigenvalue weighted by Crippen LogP contribution is -2.01. The maximum atomic E-state index is 11.3. The maximum Gasteiger partial charge on any atom is 0.358 e. The summed E-state index contributed by atoms with van der Waals surface area (Å²) in [5, 5.41) is 0.830. The Bertz CT molecular complexity index is 495. The van der Waals surface area contributed by atoms with Crippen molar-refractivity contribution in [3.63, 3.8) is 0 Å². The number of nitrogens with zero attached hydrogens (tertiary/aromatic N) is 1. The zero-order chi connectivity index (χ0) is 10.1. The van der Waals surface area contributed by atoms with Crippen molar-refractivity contribution >= 4 is 43.5 Å².